The van der Waals surface area contributed by atoms with Gasteiger partial charge in [0.25, 0.3) is 5.91 Å². The molecule has 4 N–H and O–H groups in total. The van der Waals surface area contributed by atoms with Gasteiger partial charge >= 0.3 is 6.03 Å². The largest absolute Gasteiger partial charge is 0.351 e. The first-order valence-electron chi connectivity index (χ1n) is 5.78. The van der Waals surface area contributed by atoms with Crippen molar-refractivity contribution in [2.24, 2.45) is 5.73 Å². The highest BCUT2D eigenvalue weighted by atomic mass is 127. The lowest BCUT2D eigenvalue weighted by molar-refractivity contribution is 0.102. The number of anilines is 2. The van der Waals surface area contributed by atoms with Crippen LogP contribution in [-0.4, -0.2) is 11.9 Å². The van der Waals surface area contributed by atoms with E-state index in [0.717, 1.165) is 9.26 Å². The van der Waals surface area contributed by atoms with Crippen molar-refractivity contribution in [2.45, 2.75) is 0 Å². The van der Waals surface area contributed by atoms with Gasteiger partial charge in [-0.25, -0.2) is 4.79 Å². The molecule has 0 aliphatic carbocycles. The van der Waals surface area contributed by atoms with Gasteiger partial charge in [0.05, 0.1) is 0 Å². The summed E-state index contributed by atoms with van der Waals surface area (Å²) in [5, 5.41) is 5.22. The average molecular weight is 381 g/mol. The summed E-state index contributed by atoms with van der Waals surface area (Å²) in [6.45, 7) is 0. The van der Waals surface area contributed by atoms with Crippen molar-refractivity contribution in [1.29, 1.82) is 0 Å². The van der Waals surface area contributed by atoms with E-state index < -0.39 is 6.03 Å². The number of carbonyl (C=O) groups excluding carboxylic acids is 2. The number of primary amides is 1. The predicted molar refractivity (Wildman–Crippen MR) is 86.8 cm³/mol. The summed E-state index contributed by atoms with van der Waals surface area (Å²) in [4.78, 5) is 22.7. The molecule has 2 aromatic rings. The van der Waals surface area contributed by atoms with Gasteiger partial charge in [0.15, 0.2) is 0 Å². The van der Waals surface area contributed by atoms with Gasteiger partial charge in [0.1, 0.15) is 0 Å². The summed E-state index contributed by atoms with van der Waals surface area (Å²) in [6, 6.07) is 13.3. The second-order valence-electron chi connectivity index (χ2n) is 4.03. The molecule has 0 fully saturated rings. The third-order valence-electron chi connectivity index (χ3n) is 2.52. The van der Waals surface area contributed by atoms with E-state index in [-0.39, 0.29) is 5.91 Å². The van der Waals surface area contributed by atoms with Gasteiger partial charge < -0.3 is 16.4 Å². The molecule has 2 aromatic carbocycles. The molecule has 0 saturated heterocycles. The van der Waals surface area contributed by atoms with E-state index in [4.69, 9.17) is 5.73 Å². The maximum atomic E-state index is 12.0. The van der Waals surface area contributed by atoms with Crippen LogP contribution in [0.2, 0.25) is 0 Å². The summed E-state index contributed by atoms with van der Waals surface area (Å²) < 4.78 is 1.10. The summed E-state index contributed by atoms with van der Waals surface area (Å²) in [5.74, 6) is -0.211. The van der Waals surface area contributed by atoms with Gasteiger partial charge in [-0.05, 0) is 71.1 Å². The minimum Gasteiger partial charge on any atom is -0.351 e. The smallest absolute Gasteiger partial charge is 0.316 e. The summed E-state index contributed by atoms with van der Waals surface area (Å²) in [7, 11) is 0. The van der Waals surface area contributed by atoms with Crippen LogP contribution in [0.3, 0.4) is 0 Å². The highest BCUT2D eigenvalue weighted by Gasteiger charge is 2.06. The molecule has 2 rings (SSSR count). The lowest BCUT2D eigenvalue weighted by Crippen LogP contribution is -2.19. The van der Waals surface area contributed by atoms with E-state index in [1.807, 2.05) is 24.3 Å². The van der Waals surface area contributed by atoms with Crippen LogP contribution in [0, 0.1) is 3.57 Å². The highest BCUT2D eigenvalue weighted by molar-refractivity contribution is 14.1. The van der Waals surface area contributed by atoms with Gasteiger partial charge in [-0.15, -0.1) is 0 Å². The fourth-order valence-electron chi connectivity index (χ4n) is 1.58. The van der Waals surface area contributed by atoms with Crippen LogP contribution in [-0.2, 0) is 0 Å². The van der Waals surface area contributed by atoms with Crippen LogP contribution in [0.4, 0.5) is 16.2 Å². The van der Waals surface area contributed by atoms with Crippen molar-refractivity contribution in [3.8, 4) is 0 Å². The van der Waals surface area contributed by atoms with Crippen LogP contribution in [0.5, 0.6) is 0 Å². The third-order valence-corrected chi connectivity index (χ3v) is 3.24. The van der Waals surface area contributed by atoms with E-state index in [1.54, 1.807) is 24.3 Å². The second-order valence-corrected chi connectivity index (χ2v) is 5.27. The molecule has 102 valence electrons. The summed E-state index contributed by atoms with van der Waals surface area (Å²) >= 11 is 2.20. The van der Waals surface area contributed by atoms with Gasteiger partial charge in [0.2, 0.25) is 0 Å². The van der Waals surface area contributed by atoms with Crippen LogP contribution in [0.15, 0.2) is 48.5 Å². The minimum absolute atomic E-state index is 0.211. The first-order valence-corrected chi connectivity index (χ1v) is 6.86. The van der Waals surface area contributed by atoms with Crippen LogP contribution in [0.25, 0.3) is 0 Å². The van der Waals surface area contributed by atoms with Crippen LogP contribution in [0.1, 0.15) is 10.4 Å². The van der Waals surface area contributed by atoms with Crippen LogP contribution >= 0.6 is 22.6 Å². The SMILES string of the molecule is NC(=O)Nc1ccc(C(=O)Nc2ccc(I)cc2)cc1. The number of hydrogen-bond acceptors (Lipinski definition) is 2. The Morgan fingerprint density at radius 1 is 0.850 bits per heavy atom. The van der Waals surface area contributed by atoms with E-state index in [2.05, 4.69) is 33.2 Å². The zero-order valence-electron chi connectivity index (χ0n) is 10.4. The van der Waals surface area contributed by atoms with Gasteiger partial charge in [-0.3, -0.25) is 4.79 Å². The Bertz CT molecular complexity index is 624. The van der Waals surface area contributed by atoms with E-state index in [0.29, 0.717) is 11.3 Å². The zero-order chi connectivity index (χ0) is 14.5. The monoisotopic (exact) mass is 381 g/mol. The Morgan fingerprint density at radius 2 is 1.35 bits per heavy atom. The molecule has 20 heavy (non-hydrogen) atoms. The second kappa shape index (κ2) is 6.38. The molecular weight excluding hydrogens is 369 g/mol. The first-order chi connectivity index (χ1) is 9.54. The number of benzene rings is 2. The normalized spacial score (nSPS) is 9.85. The zero-order valence-corrected chi connectivity index (χ0v) is 12.5. The lowest BCUT2D eigenvalue weighted by atomic mass is 10.2. The summed E-state index contributed by atoms with van der Waals surface area (Å²) in [5.41, 5.74) is 6.78. The van der Waals surface area contributed by atoms with Gasteiger partial charge in [-0.2, -0.15) is 0 Å². The van der Waals surface area contributed by atoms with Crippen molar-refractivity contribution in [2.75, 3.05) is 10.6 Å². The van der Waals surface area contributed by atoms with Gasteiger partial charge in [-0.1, -0.05) is 0 Å². The Labute approximate surface area is 129 Å². The van der Waals surface area contributed by atoms with E-state index in [1.165, 1.54) is 0 Å². The van der Waals surface area contributed by atoms with E-state index >= 15 is 0 Å². The van der Waals surface area contributed by atoms with Crippen molar-refractivity contribution >= 4 is 45.9 Å². The number of urea groups is 1. The van der Waals surface area contributed by atoms with Crippen molar-refractivity contribution in [1.82, 2.24) is 0 Å². The molecule has 0 saturated carbocycles. The molecular formula is C14H12IN3O2. The molecule has 0 unspecified atom stereocenters. The Balaban J connectivity index is 2.05. The van der Waals surface area contributed by atoms with Crippen LogP contribution < -0.4 is 16.4 Å². The molecule has 0 atom stereocenters. The Morgan fingerprint density at radius 3 is 1.90 bits per heavy atom. The number of rotatable bonds is 3. The van der Waals surface area contributed by atoms with Crippen molar-refractivity contribution in [3.63, 3.8) is 0 Å². The number of nitrogens with two attached hydrogens (primary N) is 1. The molecule has 0 heterocycles. The average Bonchev–Trinajstić information content (AvgIpc) is 2.41. The fraction of sp³-hybridized carbons (Fsp3) is 0. The van der Waals surface area contributed by atoms with E-state index in [9.17, 15) is 9.59 Å². The predicted octanol–water partition coefficient (Wildman–Crippen LogP) is 3.03. The highest BCUT2D eigenvalue weighted by Crippen LogP contribution is 2.14. The quantitative estimate of drug-likeness (QED) is 0.715. The number of hydrogen-bond donors (Lipinski definition) is 3. The molecule has 0 aliphatic rings. The Hall–Kier alpha value is -2.09. The van der Waals surface area contributed by atoms with Crippen molar-refractivity contribution in [3.05, 3.63) is 57.7 Å². The minimum atomic E-state index is -0.638. The molecule has 0 bridgehead atoms. The molecule has 5 nitrogen and oxygen atoms in total. The first kappa shape index (κ1) is 14.3. The number of nitrogens with one attached hydrogen (secondary N) is 2. The summed E-state index contributed by atoms with van der Waals surface area (Å²) in [6.07, 6.45) is 0. The molecule has 6 heteroatoms. The molecule has 0 radical (unpaired) electrons. The number of amides is 3. The molecule has 0 aliphatic heterocycles. The topological polar surface area (TPSA) is 84.2 Å². The number of carbonyl (C=O) groups is 2. The molecule has 0 aromatic heterocycles. The molecule has 0 spiro atoms. The maximum Gasteiger partial charge on any atom is 0.316 e. The number of halogens is 1. The molecule has 3 amide bonds. The lowest BCUT2D eigenvalue weighted by Gasteiger charge is -2.06. The fourth-order valence-corrected chi connectivity index (χ4v) is 1.94. The van der Waals surface area contributed by atoms with Gasteiger partial charge in [0, 0.05) is 20.5 Å². The van der Waals surface area contributed by atoms with Crippen molar-refractivity contribution < 1.29 is 9.59 Å². The Kier molecular flexibility index (Phi) is 4.57. The maximum absolute atomic E-state index is 12.0. The standard InChI is InChI=1S/C14H12IN3O2/c15-10-3-7-11(8-4-10)17-13(19)9-1-5-12(6-2-9)18-14(16)20/h1-8H,(H,17,19)(H3,16,18,20). The third kappa shape index (κ3) is 3.95.